The average molecular weight is 474 g/mol. The summed E-state index contributed by atoms with van der Waals surface area (Å²) < 4.78 is 29.3. The van der Waals surface area contributed by atoms with E-state index in [0.29, 0.717) is 5.03 Å². The number of aromatic nitrogens is 2. The quantitative estimate of drug-likeness (QED) is 0.535. The van der Waals surface area contributed by atoms with Gasteiger partial charge in [-0.15, -0.1) is 0 Å². The van der Waals surface area contributed by atoms with Crippen LogP contribution in [0.5, 0.6) is 5.75 Å². The van der Waals surface area contributed by atoms with Gasteiger partial charge in [0.05, 0.1) is 13.0 Å². The zero-order valence-electron chi connectivity index (χ0n) is 18.1. The van der Waals surface area contributed by atoms with E-state index in [0.717, 1.165) is 55.3 Å². The van der Waals surface area contributed by atoms with Gasteiger partial charge in [0.2, 0.25) is 11.7 Å². The maximum atomic E-state index is 12.5. The van der Waals surface area contributed by atoms with Crippen LogP contribution in [0, 0.1) is 17.6 Å². The van der Waals surface area contributed by atoms with E-state index in [1.807, 2.05) is 12.1 Å². The van der Waals surface area contributed by atoms with E-state index in [9.17, 15) is 13.6 Å². The standard InChI is InChI=1S/C16H19N5OS.C7H6F2O/c17-23-15-10-13(3-8-19-15)20-16(22)12-2-1-9-21(11-12)14-4-6-18-7-5-14;1-10-6-4-2-3-5(8)7(6)9/h3-8,10,12H,1-2,9,11,17H2,(H,19,20,22);2-4H,1H3. The van der Waals surface area contributed by atoms with Gasteiger partial charge >= 0.3 is 0 Å². The van der Waals surface area contributed by atoms with Crippen LogP contribution in [0.2, 0.25) is 0 Å². The van der Waals surface area contributed by atoms with Crippen LogP contribution in [0.25, 0.3) is 0 Å². The third kappa shape index (κ3) is 6.87. The van der Waals surface area contributed by atoms with Crippen molar-refractivity contribution in [3.05, 3.63) is 72.7 Å². The summed E-state index contributed by atoms with van der Waals surface area (Å²) in [4.78, 5) is 22.9. The van der Waals surface area contributed by atoms with Crippen LogP contribution >= 0.6 is 11.9 Å². The fraction of sp³-hybridized carbons (Fsp3) is 0.261. The van der Waals surface area contributed by atoms with Gasteiger partial charge in [-0.1, -0.05) is 6.07 Å². The summed E-state index contributed by atoms with van der Waals surface area (Å²) in [6.07, 6.45) is 7.11. The summed E-state index contributed by atoms with van der Waals surface area (Å²) in [5.41, 5.74) is 1.85. The summed E-state index contributed by atoms with van der Waals surface area (Å²) in [6.45, 7) is 1.69. The molecule has 1 aliphatic rings. The van der Waals surface area contributed by atoms with E-state index in [2.05, 4.69) is 24.9 Å². The number of hydrogen-bond acceptors (Lipinski definition) is 7. The predicted octanol–water partition coefficient (Wildman–Crippen LogP) is 4.27. The van der Waals surface area contributed by atoms with Gasteiger partial charge in [-0.2, -0.15) is 4.39 Å². The fourth-order valence-electron chi connectivity index (χ4n) is 3.42. The lowest BCUT2D eigenvalue weighted by atomic mass is 9.96. The molecule has 10 heteroatoms. The van der Waals surface area contributed by atoms with Crippen molar-refractivity contribution in [2.45, 2.75) is 17.9 Å². The smallest absolute Gasteiger partial charge is 0.229 e. The number of pyridine rings is 2. The van der Waals surface area contributed by atoms with Crippen molar-refractivity contribution in [3.8, 4) is 5.75 Å². The second kappa shape index (κ2) is 12.1. The molecule has 174 valence electrons. The van der Waals surface area contributed by atoms with Gasteiger partial charge < -0.3 is 15.0 Å². The number of halogens is 2. The van der Waals surface area contributed by atoms with Crippen LogP contribution in [0.15, 0.2) is 66.1 Å². The monoisotopic (exact) mass is 473 g/mol. The zero-order valence-corrected chi connectivity index (χ0v) is 18.9. The highest BCUT2D eigenvalue weighted by molar-refractivity contribution is 7.97. The molecule has 1 amide bonds. The van der Waals surface area contributed by atoms with Gasteiger partial charge in [0.15, 0.2) is 11.6 Å². The third-order valence-electron chi connectivity index (χ3n) is 5.08. The first-order chi connectivity index (χ1) is 16.0. The van der Waals surface area contributed by atoms with E-state index in [1.54, 1.807) is 30.7 Å². The van der Waals surface area contributed by atoms with Gasteiger partial charge in [0.1, 0.15) is 5.03 Å². The van der Waals surface area contributed by atoms with E-state index in [4.69, 9.17) is 5.14 Å². The Bertz CT molecular complexity index is 1060. The van der Waals surface area contributed by atoms with Crippen molar-refractivity contribution >= 4 is 29.2 Å². The number of ether oxygens (including phenoxy) is 1. The normalized spacial score (nSPS) is 15.3. The minimum Gasteiger partial charge on any atom is -0.494 e. The van der Waals surface area contributed by atoms with Crippen molar-refractivity contribution < 1.29 is 18.3 Å². The largest absolute Gasteiger partial charge is 0.494 e. The number of piperidine rings is 1. The van der Waals surface area contributed by atoms with Crippen molar-refractivity contribution in [1.82, 2.24) is 9.97 Å². The second-order valence-electron chi connectivity index (χ2n) is 7.24. The van der Waals surface area contributed by atoms with E-state index < -0.39 is 11.6 Å². The molecule has 1 atom stereocenters. The number of nitrogens with zero attached hydrogens (tertiary/aromatic N) is 3. The summed E-state index contributed by atoms with van der Waals surface area (Å²) in [7, 11) is 1.29. The Kier molecular flexibility index (Phi) is 8.96. The highest BCUT2D eigenvalue weighted by Gasteiger charge is 2.26. The number of methoxy groups -OCH3 is 1. The number of carbonyl (C=O) groups excluding carboxylic acids is 1. The number of amides is 1. The minimum atomic E-state index is -0.940. The molecule has 3 aromatic rings. The number of nitrogens with two attached hydrogens (primary N) is 1. The Morgan fingerprint density at radius 1 is 1.21 bits per heavy atom. The molecule has 1 aliphatic heterocycles. The molecule has 1 saturated heterocycles. The number of benzene rings is 1. The first-order valence-electron chi connectivity index (χ1n) is 10.3. The van der Waals surface area contributed by atoms with Gasteiger partial charge in [-0.25, -0.2) is 9.37 Å². The fourth-order valence-corrected chi connectivity index (χ4v) is 3.73. The number of rotatable bonds is 5. The molecular weight excluding hydrogens is 448 g/mol. The summed E-state index contributed by atoms with van der Waals surface area (Å²) in [5, 5.41) is 9.16. The molecule has 1 fully saturated rings. The Hall–Kier alpha value is -3.24. The Labute approximate surface area is 195 Å². The Morgan fingerprint density at radius 2 is 2.00 bits per heavy atom. The van der Waals surface area contributed by atoms with Gasteiger partial charge in [-0.3, -0.25) is 14.9 Å². The first-order valence-corrected chi connectivity index (χ1v) is 11.2. The van der Waals surface area contributed by atoms with Gasteiger partial charge in [0.25, 0.3) is 0 Å². The van der Waals surface area contributed by atoms with Crippen LogP contribution < -0.4 is 20.1 Å². The Morgan fingerprint density at radius 3 is 2.70 bits per heavy atom. The third-order valence-corrected chi connectivity index (χ3v) is 5.54. The van der Waals surface area contributed by atoms with Crippen molar-refractivity contribution in [2.24, 2.45) is 11.1 Å². The van der Waals surface area contributed by atoms with Gasteiger partial charge in [-0.05, 0) is 61.2 Å². The molecule has 1 aromatic carbocycles. The number of nitrogens with one attached hydrogen (secondary N) is 1. The molecule has 0 saturated carbocycles. The SMILES string of the molecule is COc1cccc(F)c1F.NSc1cc(NC(=O)C2CCCN(c3ccncc3)C2)ccn1. The van der Waals surface area contributed by atoms with Gasteiger partial charge in [0, 0.05) is 43.1 Å². The molecule has 3 N–H and O–H groups in total. The molecule has 0 radical (unpaired) electrons. The molecule has 1 unspecified atom stereocenters. The topological polar surface area (TPSA) is 93.4 Å². The molecule has 0 bridgehead atoms. The molecule has 3 heterocycles. The van der Waals surface area contributed by atoms with Crippen molar-refractivity contribution in [2.75, 3.05) is 30.4 Å². The number of carbonyl (C=O) groups is 1. The minimum absolute atomic E-state index is 0.0286. The summed E-state index contributed by atoms with van der Waals surface area (Å²) >= 11 is 1.07. The van der Waals surface area contributed by atoms with Crippen LogP contribution in [0.4, 0.5) is 20.2 Å². The van der Waals surface area contributed by atoms with E-state index in [-0.39, 0.29) is 17.6 Å². The van der Waals surface area contributed by atoms with Crippen LogP contribution in [0.3, 0.4) is 0 Å². The molecule has 0 spiro atoms. The van der Waals surface area contributed by atoms with Crippen LogP contribution in [-0.2, 0) is 4.79 Å². The average Bonchev–Trinajstić information content (AvgIpc) is 2.87. The molecule has 0 aliphatic carbocycles. The Balaban J connectivity index is 0.000000257. The van der Waals surface area contributed by atoms with Crippen LogP contribution in [-0.4, -0.2) is 36.1 Å². The molecule has 4 rings (SSSR count). The highest BCUT2D eigenvalue weighted by atomic mass is 32.2. The van der Waals surface area contributed by atoms with E-state index in [1.165, 1.54) is 19.2 Å². The van der Waals surface area contributed by atoms with Crippen LogP contribution in [0.1, 0.15) is 12.8 Å². The zero-order chi connectivity index (χ0) is 23.6. The van der Waals surface area contributed by atoms with Crippen molar-refractivity contribution in [1.29, 1.82) is 0 Å². The summed E-state index contributed by atoms with van der Waals surface area (Å²) in [6, 6.07) is 11.3. The lowest BCUT2D eigenvalue weighted by Crippen LogP contribution is -2.40. The lowest BCUT2D eigenvalue weighted by Gasteiger charge is -2.33. The maximum absolute atomic E-state index is 12.5. The second-order valence-corrected chi connectivity index (χ2v) is 7.89. The highest BCUT2D eigenvalue weighted by Crippen LogP contribution is 2.24. The molecule has 7 nitrogen and oxygen atoms in total. The maximum Gasteiger partial charge on any atom is 0.229 e. The molecular formula is C23H25F2N5O2S. The molecule has 33 heavy (non-hydrogen) atoms. The van der Waals surface area contributed by atoms with E-state index >= 15 is 0 Å². The molecule has 2 aromatic heterocycles. The first kappa shape index (κ1) is 24.4. The number of hydrogen-bond donors (Lipinski definition) is 2. The summed E-state index contributed by atoms with van der Waals surface area (Å²) in [5.74, 6) is -1.88. The lowest BCUT2D eigenvalue weighted by molar-refractivity contribution is -0.120. The predicted molar refractivity (Wildman–Crippen MR) is 125 cm³/mol. The number of anilines is 2. The van der Waals surface area contributed by atoms with Crippen molar-refractivity contribution in [3.63, 3.8) is 0 Å².